The van der Waals surface area contributed by atoms with Crippen molar-refractivity contribution in [1.82, 2.24) is 0 Å². The predicted octanol–water partition coefficient (Wildman–Crippen LogP) is 2.22. The summed E-state index contributed by atoms with van der Waals surface area (Å²) in [7, 11) is 1.59. The molecule has 5 nitrogen and oxygen atoms in total. The van der Waals surface area contributed by atoms with E-state index in [0.717, 1.165) is 11.3 Å². The molecule has 1 heterocycles. The van der Waals surface area contributed by atoms with Gasteiger partial charge in [-0.1, -0.05) is 26.0 Å². The lowest BCUT2D eigenvalue weighted by Crippen LogP contribution is -2.47. The zero-order chi connectivity index (χ0) is 14.0. The lowest BCUT2D eigenvalue weighted by atomic mass is 9.86. The van der Waals surface area contributed by atoms with E-state index in [2.05, 4.69) is 0 Å². The summed E-state index contributed by atoms with van der Waals surface area (Å²) < 4.78 is 16.2. The molecule has 5 heteroatoms. The first kappa shape index (κ1) is 13.8. The van der Waals surface area contributed by atoms with Gasteiger partial charge in [-0.25, -0.2) is 4.79 Å². The first-order valence-corrected chi connectivity index (χ1v) is 6.08. The fourth-order valence-corrected chi connectivity index (χ4v) is 2.04. The van der Waals surface area contributed by atoms with E-state index in [1.165, 1.54) is 0 Å². The zero-order valence-corrected chi connectivity index (χ0v) is 11.3. The summed E-state index contributed by atoms with van der Waals surface area (Å²) in [6, 6.07) is 7.19. The van der Waals surface area contributed by atoms with Gasteiger partial charge in [0.1, 0.15) is 5.75 Å². The van der Waals surface area contributed by atoms with Crippen LogP contribution < -0.4 is 4.74 Å². The van der Waals surface area contributed by atoms with E-state index < -0.39 is 23.8 Å². The smallest absolute Gasteiger partial charge is 0.333 e. The third-order valence-corrected chi connectivity index (χ3v) is 3.19. The first-order valence-electron chi connectivity index (χ1n) is 6.08. The molecule has 1 aromatic carbocycles. The molecule has 1 aliphatic heterocycles. The maximum Gasteiger partial charge on any atom is 0.333 e. The van der Waals surface area contributed by atoms with Crippen molar-refractivity contribution in [1.29, 1.82) is 0 Å². The van der Waals surface area contributed by atoms with Crippen LogP contribution in [0.2, 0.25) is 0 Å². The van der Waals surface area contributed by atoms with Crippen molar-refractivity contribution in [2.75, 3.05) is 13.7 Å². The second-order valence-electron chi connectivity index (χ2n) is 5.26. The van der Waals surface area contributed by atoms with Crippen LogP contribution in [0.25, 0.3) is 0 Å². The number of benzene rings is 1. The summed E-state index contributed by atoms with van der Waals surface area (Å²) in [5, 5.41) is 9.22. The van der Waals surface area contributed by atoms with Crippen LogP contribution in [0.4, 0.5) is 0 Å². The molecule has 0 unspecified atom stereocenters. The summed E-state index contributed by atoms with van der Waals surface area (Å²) in [5.41, 5.74) is 0.233. The Morgan fingerprint density at radius 2 is 2.00 bits per heavy atom. The van der Waals surface area contributed by atoms with Gasteiger partial charge in [0, 0.05) is 11.0 Å². The first-order chi connectivity index (χ1) is 8.94. The van der Waals surface area contributed by atoms with Gasteiger partial charge in [0.2, 0.25) is 0 Å². The number of aliphatic carboxylic acids is 1. The molecule has 0 spiro atoms. The van der Waals surface area contributed by atoms with Crippen LogP contribution in [0.15, 0.2) is 24.3 Å². The van der Waals surface area contributed by atoms with Crippen LogP contribution in [0.1, 0.15) is 25.7 Å². The minimum absolute atomic E-state index is 0.334. The Labute approximate surface area is 112 Å². The molecule has 2 rings (SSSR count). The normalized spacial score (nSPS) is 25.8. The molecule has 2 atom stereocenters. The molecule has 0 bridgehead atoms. The third-order valence-electron chi connectivity index (χ3n) is 3.19. The van der Waals surface area contributed by atoms with Crippen molar-refractivity contribution in [2.45, 2.75) is 26.2 Å². The van der Waals surface area contributed by atoms with Gasteiger partial charge < -0.3 is 19.3 Å². The minimum atomic E-state index is -0.966. The van der Waals surface area contributed by atoms with E-state index in [0.29, 0.717) is 6.61 Å². The molecule has 0 aliphatic carbocycles. The lowest BCUT2D eigenvalue weighted by molar-refractivity contribution is -0.264. The monoisotopic (exact) mass is 266 g/mol. The van der Waals surface area contributed by atoms with Gasteiger partial charge in [-0.15, -0.1) is 0 Å². The van der Waals surface area contributed by atoms with Gasteiger partial charge in [0.25, 0.3) is 0 Å². The van der Waals surface area contributed by atoms with Gasteiger partial charge in [-0.3, -0.25) is 0 Å². The van der Waals surface area contributed by atoms with Gasteiger partial charge in [0.15, 0.2) is 12.4 Å². The Bertz CT molecular complexity index is 451. The Kier molecular flexibility index (Phi) is 3.78. The Hall–Kier alpha value is -1.59. The average molecular weight is 266 g/mol. The van der Waals surface area contributed by atoms with Crippen LogP contribution in [-0.2, 0) is 14.3 Å². The molecular formula is C14H18O5. The second-order valence-corrected chi connectivity index (χ2v) is 5.26. The Morgan fingerprint density at radius 1 is 1.37 bits per heavy atom. The number of methoxy groups -OCH3 is 1. The van der Waals surface area contributed by atoms with E-state index >= 15 is 0 Å². The summed E-state index contributed by atoms with van der Waals surface area (Å²) in [6.07, 6.45) is -1.53. The van der Waals surface area contributed by atoms with Crippen molar-refractivity contribution < 1.29 is 24.1 Å². The van der Waals surface area contributed by atoms with Crippen molar-refractivity contribution in [3.8, 4) is 5.75 Å². The van der Waals surface area contributed by atoms with E-state index in [9.17, 15) is 9.90 Å². The van der Waals surface area contributed by atoms with Gasteiger partial charge in [-0.05, 0) is 12.1 Å². The quantitative estimate of drug-likeness (QED) is 0.908. The third kappa shape index (κ3) is 2.88. The number of carboxylic acids is 1. The number of carboxylic acid groups (broad SMARTS) is 1. The average Bonchev–Trinajstić information content (AvgIpc) is 2.38. The highest BCUT2D eigenvalue weighted by atomic mass is 16.7. The molecule has 0 aromatic heterocycles. The molecule has 0 saturated carbocycles. The van der Waals surface area contributed by atoms with E-state index in [1.54, 1.807) is 31.4 Å². The lowest BCUT2D eigenvalue weighted by Gasteiger charge is -2.39. The highest BCUT2D eigenvalue weighted by Crippen LogP contribution is 2.36. The topological polar surface area (TPSA) is 65.0 Å². The zero-order valence-electron chi connectivity index (χ0n) is 11.3. The number of hydrogen-bond acceptors (Lipinski definition) is 4. The molecule has 1 aliphatic rings. The summed E-state index contributed by atoms with van der Waals surface area (Å²) in [5.74, 6) is -0.235. The molecule has 1 N–H and O–H groups in total. The van der Waals surface area contributed by atoms with Gasteiger partial charge >= 0.3 is 5.97 Å². The van der Waals surface area contributed by atoms with Crippen LogP contribution in [0.3, 0.4) is 0 Å². The van der Waals surface area contributed by atoms with E-state index in [-0.39, 0.29) is 0 Å². The second kappa shape index (κ2) is 5.19. The molecule has 0 amide bonds. The van der Waals surface area contributed by atoms with E-state index in [4.69, 9.17) is 14.2 Å². The molecule has 1 fully saturated rings. The number of ether oxygens (including phenoxy) is 3. The molecule has 19 heavy (non-hydrogen) atoms. The highest BCUT2D eigenvalue weighted by molar-refractivity contribution is 5.73. The Balaban J connectivity index is 2.16. The molecule has 104 valence electrons. The van der Waals surface area contributed by atoms with Crippen LogP contribution in [-0.4, -0.2) is 30.9 Å². The SMILES string of the molecule is COc1ccc([C@@H]2OCC(C)(C)[C@@H](C(=O)O)O2)cc1. The fourth-order valence-electron chi connectivity index (χ4n) is 2.04. The number of hydrogen-bond donors (Lipinski definition) is 1. The largest absolute Gasteiger partial charge is 0.497 e. The van der Waals surface area contributed by atoms with Crippen molar-refractivity contribution in [2.24, 2.45) is 5.41 Å². The van der Waals surface area contributed by atoms with Gasteiger partial charge in [0.05, 0.1) is 13.7 Å². The van der Waals surface area contributed by atoms with Crippen molar-refractivity contribution in [3.05, 3.63) is 29.8 Å². The minimum Gasteiger partial charge on any atom is -0.497 e. The standard InChI is InChI=1S/C14H18O5/c1-14(2)8-18-13(19-11(14)12(15)16)9-4-6-10(17-3)7-5-9/h4-7,11,13H,8H2,1-3H3,(H,15,16)/t11-,13-/m1/s1. The molecule has 0 radical (unpaired) electrons. The van der Waals surface area contributed by atoms with Crippen molar-refractivity contribution in [3.63, 3.8) is 0 Å². The Morgan fingerprint density at radius 3 is 2.53 bits per heavy atom. The summed E-state index contributed by atoms with van der Waals surface area (Å²) in [6.45, 7) is 3.96. The molecule has 1 saturated heterocycles. The number of rotatable bonds is 3. The van der Waals surface area contributed by atoms with Crippen LogP contribution >= 0.6 is 0 Å². The highest BCUT2D eigenvalue weighted by Gasteiger charge is 2.43. The molecule has 1 aromatic rings. The summed E-state index contributed by atoms with van der Waals surface area (Å²) >= 11 is 0. The van der Waals surface area contributed by atoms with Crippen molar-refractivity contribution >= 4 is 5.97 Å². The van der Waals surface area contributed by atoms with Crippen LogP contribution in [0.5, 0.6) is 5.75 Å². The summed E-state index contributed by atoms with van der Waals surface area (Å²) in [4.78, 5) is 11.2. The van der Waals surface area contributed by atoms with Gasteiger partial charge in [-0.2, -0.15) is 0 Å². The maximum atomic E-state index is 11.2. The number of carbonyl (C=O) groups is 1. The predicted molar refractivity (Wildman–Crippen MR) is 68.0 cm³/mol. The maximum absolute atomic E-state index is 11.2. The van der Waals surface area contributed by atoms with E-state index in [1.807, 2.05) is 13.8 Å². The molecular weight excluding hydrogens is 248 g/mol. The van der Waals surface area contributed by atoms with Crippen LogP contribution in [0, 0.1) is 5.41 Å². The fraction of sp³-hybridized carbons (Fsp3) is 0.500.